The summed E-state index contributed by atoms with van der Waals surface area (Å²) in [6.45, 7) is 5.54. The largest absolute Gasteiger partial charge is 0.303 e. The van der Waals surface area contributed by atoms with Crippen LogP contribution in [0.1, 0.15) is 32.6 Å². The van der Waals surface area contributed by atoms with E-state index in [1.807, 2.05) is 0 Å². The molecule has 0 atom stereocenters. The standard InChI is InChI=1S/C10H19NO/c1-2-6-11(7-3-8-12)9-10-4-5-10/h8,10H,2-7,9H2,1H3. The van der Waals surface area contributed by atoms with Crippen molar-refractivity contribution in [2.24, 2.45) is 5.92 Å². The van der Waals surface area contributed by atoms with Gasteiger partial charge in [0.15, 0.2) is 0 Å². The second-order valence-electron chi connectivity index (χ2n) is 3.70. The average Bonchev–Trinajstić information content (AvgIpc) is 2.84. The van der Waals surface area contributed by atoms with Crippen LogP contribution >= 0.6 is 0 Å². The maximum absolute atomic E-state index is 10.2. The lowest BCUT2D eigenvalue weighted by molar-refractivity contribution is -0.108. The fourth-order valence-electron chi connectivity index (χ4n) is 1.51. The molecule has 0 aliphatic heterocycles. The highest BCUT2D eigenvalue weighted by molar-refractivity contribution is 5.49. The van der Waals surface area contributed by atoms with Crippen LogP contribution in [0, 0.1) is 5.92 Å². The molecule has 0 unspecified atom stereocenters. The molecule has 70 valence electrons. The monoisotopic (exact) mass is 169 g/mol. The predicted octanol–water partition coefficient (Wildman–Crippen LogP) is 1.70. The fourth-order valence-corrected chi connectivity index (χ4v) is 1.51. The van der Waals surface area contributed by atoms with Crippen LogP contribution < -0.4 is 0 Å². The maximum atomic E-state index is 10.2. The normalized spacial score (nSPS) is 16.8. The van der Waals surface area contributed by atoms with Gasteiger partial charge in [0, 0.05) is 19.5 Å². The van der Waals surface area contributed by atoms with Gasteiger partial charge < -0.3 is 9.69 Å². The van der Waals surface area contributed by atoms with Crippen LogP contribution in [-0.2, 0) is 4.79 Å². The number of rotatable bonds is 7. The third kappa shape index (κ3) is 3.86. The summed E-state index contributed by atoms with van der Waals surface area (Å²) in [7, 11) is 0. The molecule has 1 fully saturated rings. The third-order valence-corrected chi connectivity index (χ3v) is 2.32. The lowest BCUT2D eigenvalue weighted by Crippen LogP contribution is -2.28. The van der Waals surface area contributed by atoms with E-state index in [1.165, 1.54) is 25.8 Å². The van der Waals surface area contributed by atoms with Crippen molar-refractivity contribution in [2.45, 2.75) is 32.6 Å². The lowest BCUT2D eigenvalue weighted by atomic mass is 10.3. The molecule has 0 aromatic heterocycles. The van der Waals surface area contributed by atoms with Gasteiger partial charge >= 0.3 is 0 Å². The lowest BCUT2D eigenvalue weighted by Gasteiger charge is -2.19. The number of hydrogen-bond acceptors (Lipinski definition) is 2. The quantitative estimate of drug-likeness (QED) is 0.541. The van der Waals surface area contributed by atoms with Crippen LogP contribution in [0.3, 0.4) is 0 Å². The minimum Gasteiger partial charge on any atom is -0.303 e. The van der Waals surface area contributed by atoms with E-state index in [4.69, 9.17) is 0 Å². The molecule has 1 saturated carbocycles. The number of hydrogen-bond donors (Lipinski definition) is 0. The summed E-state index contributed by atoms with van der Waals surface area (Å²) in [5.41, 5.74) is 0. The second kappa shape index (κ2) is 5.31. The molecular formula is C10H19NO. The van der Waals surface area contributed by atoms with E-state index in [-0.39, 0.29) is 0 Å². The van der Waals surface area contributed by atoms with Gasteiger partial charge in [0.05, 0.1) is 0 Å². The Labute approximate surface area is 74.9 Å². The number of carbonyl (C=O) groups excluding carboxylic acids is 1. The highest BCUT2D eigenvalue weighted by atomic mass is 16.1. The first kappa shape index (κ1) is 9.72. The van der Waals surface area contributed by atoms with Crippen molar-refractivity contribution in [1.82, 2.24) is 4.90 Å². The van der Waals surface area contributed by atoms with E-state index < -0.39 is 0 Å². The van der Waals surface area contributed by atoms with Crippen LogP contribution in [-0.4, -0.2) is 30.8 Å². The minimum absolute atomic E-state index is 0.701. The summed E-state index contributed by atoms with van der Waals surface area (Å²) in [5, 5.41) is 0. The van der Waals surface area contributed by atoms with Gasteiger partial charge in [-0.1, -0.05) is 6.92 Å². The molecule has 0 spiro atoms. The van der Waals surface area contributed by atoms with Gasteiger partial charge in [0.1, 0.15) is 6.29 Å². The molecule has 2 nitrogen and oxygen atoms in total. The van der Waals surface area contributed by atoms with E-state index in [0.717, 1.165) is 25.3 Å². The Morgan fingerprint density at radius 2 is 2.17 bits per heavy atom. The van der Waals surface area contributed by atoms with Gasteiger partial charge in [0.2, 0.25) is 0 Å². The van der Waals surface area contributed by atoms with E-state index in [1.54, 1.807) is 0 Å². The Morgan fingerprint density at radius 3 is 2.67 bits per heavy atom. The molecule has 0 heterocycles. The van der Waals surface area contributed by atoms with Gasteiger partial charge in [-0.3, -0.25) is 0 Å². The Bertz CT molecular complexity index is 132. The van der Waals surface area contributed by atoms with Gasteiger partial charge in [0.25, 0.3) is 0 Å². The third-order valence-electron chi connectivity index (χ3n) is 2.32. The van der Waals surface area contributed by atoms with Crippen molar-refractivity contribution in [3.63, 3.8) is 0 Å². The van der Waals surface area contributed by atoms with Gasteiger partial charge in [-0.2, -0.15) is 0 Å². The van der Waals surface area contributed by atoms with Crippen molar-refractivity contribution < 1.29 is 4.79 Å². The van der Waals surface area contributed by atoms with E-state index in [2.05, 4.69) is 11.8 Å². The minimum atomic E-state index is 0.701. The molecule has 1 aliphatic rings. The van der Waals surface area contributed by atoms with Crippen LogP contribution in [0.5, 0.6) is 0 Å². The zero-order valence-corrected chi connectivity index (χ0v) is 7.96. The van der Waals surface area contributed by atoms with Crippen molar-refractivity contribution in [1.29, 1.82) is 0 Å². The average molecular weight is 169 g/mol. The van der Waals surface area contributed by atoms with Crippen molar-refractivity contribution in [2.75, 3.05) is 19.6 Å². The van der Waals surface area contributed by atoms with Crippen molar-refractivity contribution >= 4 is 6.29 Å². The van der Waals surface area contributed by atoms with E-state index in [0.29, 0.717) is 6.42 Å². The summed E-state index contributed by atoms with van der Waals surface area (Å²) in [6, 6.07) is 0. The molecular weight excluding hydrogens is 150 g/mol. The van der Waals surface area contributed by atoms with Crippen LogP contribution in [0.2, 0.25) is 0 Å². The first-order valence-corrected chi connectivity index (χ1v) is 5.02. The fraction of sp³-hybridized carbons (Fsp3) is 0.900. The molecule has 1 aliphatic carbocycles. The Kier molecular flexibility index (Phi) is 4.30. The summed E-state index contributed by atoms with van der Waals surface area (Å²) in [6.07, 6.45) is 5.73. The molecule has 0 bridgehead atoms. The molecule has 12 heavy (non-hydrogen) atoms. The topological polar surface area (TPSA) is 20.3 Å². The summed E-state index contributed by atoms with van der Waals surface area (Å²) >= 11 is 0. The molecule has 2 heteroatoms. The van der Waals surface area contributed by atoms with Gasteiger partial charge in [-0.05, 0) is 31.7 Å². The first-order chi connectivity index (χ1) is 5.86. The van der Waals surface area contributed by atoms with Crippen LogP contribution in [0.25, 0.3) is 0 Å². The highest BCUT2D eigenvalue weighted by Gasteiger charge is 2.23. The van der Waals surface area contributed by atoms with Crippen LogP contribution in [0.4, 0.5) is 0 Å². The molecule has 1 rings (SSSR count). The number of nitrogens with zero attached hydrogens (tertiary/aromatic N) is 1. The Hall–Kier alpha value is -0.370. The molecule has 0 radical (unpaired) electrons. The maximum Gasteiger partial charge on any atom is 0.121 e. The molecule has 0 amide bonds. The first-order valence-electron chi connectivity index (χ1n) is 5.02. The zero-order chi connectivity index (χ0) is 8.81. The smallest absolute Gasteiger partial charge is 0.121 e. The van der Waals surface area contributed by atoms with E-state index in [9.17, 15) is 4.79 Å². The number of carbonyl (C=O) groups is 1. The van der Waals surface area contributed by atoms with Gasteiger partial charge in [-0.15, -0.1) is 0 Å². The molecule has 0 aromatic carbocycles. The molecule has 0 N–H and O–H groups in total. The van der Waals surface area contributed by atoms with Gasteiger partial charge in [-0.25, -0.2) is 0 Å². The Morgan fingerprint density at radius 1 is 1.42 bits per heavy atom. The van der Waals surface area contributed by atoms with Crippen molar-refractivity contribution in [3.8, 4) is 0 Å². The van der Waals surface area contributed by atoms with Crippen molar-refractivity contribution in [3.05, 3.63) is 0 Å². The predicted molar refractivity (Wildman–Crippen MR) is 50.1 cm³/mol. The summed E-state index contributed by atoms with van der Waals surface area (Å²) in [4.78, 5) is 12.6. The summed E-state index contributed by atoms with van der Waals surface area (Å²) in [5.74, 6) is 0.947. The highest BCUT2D eigenvalue weighted by Crippen LogP contribution is 2.29. The molecule has 0 saturated heterocycles. The number of aldehydes is 1. The zero-order valence-electron chi connectivity index (χ0n) is 7.96. The van der Waals surface area contributed by atoms with E-state index >= 15 is 0 Å². The Balaban J connectivity index is 2.11. The van der Waals surface area contributed by atoms with Crippen LogP contribution in [0.15, 0.2) is 0 Å². The second-order valence-corrected chi connectivity index (χ2v) is 3.70. The SMILES string of the molecule is CCCN(CCC=O)CC1CC1. The molecule has 0 aromatic rings. The summed E-state index contributed by atoms with van der Waals surface area (Å²) < 4.78 is 0.